The SMILES string of the molecule is CC(O)Cc1c(C(F)=C(F)F)cc(F)c(F)c1F. The van der Waals surface area contributed by atoms with Crippen molar-refractivity contribution in [3.05, 3.63) is 40.7 Å². The van der Waals surface area contributed by atoms with Gasteiger partial charge in [0.15, 0.2) is 23.3 Å². The molecule has 0 amide bonds. The molecule has 100 valence electrons. The number of rotatable bonds is 3. The third-order valence-corrected chi connectivity index (χ3v) is 2.17. The summed E-state index contributed by atoms with van der Waals surface area (Å²) in [6.45, 7) is 1.16. The van der Waals surface area contributed by atoms with Crippen LogP contribution in [0.3, 0.4) is 0 Å². The summed E-state index contributed by atoms with van der Waals surface area (Å²) in [5, 5.41) is 9.03. The number of hydrogen-bond acceptors (Lipinski definition) is 1. The Morgan fingerprint density at radius 2 is 1.72 bits per heavy atom. The summed E-state index contributed by atoms with van der Waals surface area (Å²) in [6, 6.07) is 0.130. The molecule has 0 heterocycles. The highest BCUT2D eigenvalue weighted by molar-refractivity contribution is 5.63. The van der Waals surface area contributed by atoms with Crippen molar-refractivity contribution >= 4 is 5.83 Å². The lowest BCUT2D eigenvalue weighted by atomic mass is 10.00. The third kappa shape index (κ3) is 2.84. The summed E-state index contributed by atoms with van der Waals surface area (Å²) in [5.74, 6) is -7.62. The van der Waals surface area contributed by atoms with Crippen LogP contribution in [0.4, 0.5) is 26.3 Å². The zero-order chi connectivity index (χ0) is 14.0. The first-order valence-electron chi connectivity index (χ1n) is 4.81. The average Bonchev–Trinajstić information content (AvgIpc) is 2.28. The van der Waals surface area contributed by atoms with Crippen LogP contribution >= 0.6 is 0 Å². The standard InChI is InChI=1S/C11H8F6O/c1-4(18)2-5-6(9(14)11(16)17)3-7(12)10(15)8(5)13/h3-4,18H,2H2,1H3. The number of halogens is 6. The second kappa shape index (κ2) is 5.43. The maximum absolute atomic E-state index is 13.3. The van der Waals surface area contributed by atoms with E-state index in [4.69, 9.17) is 5.11 Å². The van der Waals surface area contributed by atoms with Gasteiger partial charge in [-0.1, -0.05) is 0 Å². The van der Waals surface area contributed by atoms with Crippen LogP contribution in [0.2, 0.25) is 0 Å². The monoisotopic (exact) mass is 270 g/mol. The Balaban J connectivity index is 3.54. The summed E-state index contributed by atoms with van der Waals surface area (Å²) < 4.78 is 76.4. The van der Waals surface area contributed by atoms with Gasteiger partial charge in [-0.25, -0.2) is 17.6 Å². The molecule has 1 unspecified atom stereocenters. The number of benzene rings is 1. The first kappa shape index (κ1) is 14.6. The molecule has 0 aliphatic carbocycles. The summed E-state index contributed by atoms with van der Waals surface area (Å²) in [4.78, 5) is 0. The van der Waals surface area contributed by atoms with E-state index in [0.29, 0.717) is 0 Å². The summed E-state index contributed by atoms with van der Waals surface area (Å²) in [5.41, 5.74) is -1.94. The van der Waals surface area contributed by atoms with Crippen molar-refractivity contribution in [2.45, 2.75) is 19.4 Å². The molecule has 0 saturated carbocycles. The minimum atomic E-state index is -2.78. The van der Waals surface area contributed by atoms with Crippen molar-refractivity contribution in [2.24, 2.45) is 0 Å². The Morgan fingerprint density at radius 1 is 1.17 bits per heavy atom. The lowest BCUT2D eigenvalue weighted by Crippen LogP contribution is -2.11. The van der Waals surface area contributed by atoms with Gasteiger partial charge in [0.1, 0.15) is 0 Å². The molecule has 7 heteroatoms. The second-order valence-corrected chi connectivity index (χ2v) is 3.64. The van der Waals surface area contributed by atoms with Gasteiger partial charge in [0.25, 0.3) is 0 Å². The molecule has 1 aromatic rings. The fraction of sp³-hybridized carbons (Fsp3) is 0.273. The van der Waals surface area contributed by atoms with Crippen molar-refractivity contribution in [1.29, 1.82) is 0 Å². The van der Waals surface area contributed by atoms with Crippen LogP contribution in [0, 0.1) is 17.5 Å². The van der Waals surface area contributed by atoms with Gasteiger partial charge in [-0.3, -0.25) is 0 Å². The summed E-state index contributed by atoms with van der Waals surface area (Å²) >= 11 is 0. The van der Waals surface area contributed by atoms with Gasteiger partial charge >= 0.3 is 6.08 Å². The first-order chi connectivity index (χ1) is 8.25. The fourth-order valence-electron chi connectivity index (χ4n) is 1.43. The third-order valence-electron chi connectivity index (χ3n) is 2.17. The summed E-state index contributed by atoms with van der Waals surface area (Å²) in [6.07, 6.45) is -4.65. The molecule has 0 aromatic heterocycles. The van der Waals surface area contributed by atoms with Crippen molar-refractivity contribution in [2.75, 3.05) is 0 Å². The molecular weight excluding hydrogens is 262 g/mol. The number of hydrogen-bond donors (Lipinski definition) is 1. The molecule has 0 aliphatic heterocycles. The Morgan fingerprint density at radius 3 is 2.17 bits per heavy atom. The molecule has 0 aliphatic rings. The number of aliphatic hydroxyl groups is 1. The molecule has 1 rings (SSSR count). The smallest absolute Gasteiger partial charge is 0.306 e. The molecule has 1 nitrogen and oxygen atoms in total. The molecule has 1 N–H and O–H groups in total. The lowest BCUT2D eigenvalue weighted by Gasteiger charge is -2.12. The van der Waals surface area contributed by atoms with E-state index in [1.165, 1.54) is 0 Å². The zero-order valence-corrected chi connectivity index (χ0v) is 9.08. The Hall–Kier alpha value is -1.50. The number of aliphatic hydroxyl groups excluding tert-OH is 1. The highest BCUT2D eigenvalue weighted by Crippen LogP contribution is 2.30. The van der Waals surface area contributed by atoms with E-state index in [2.05, 4.69) is 0 Å². The van der Waals surface area contributed by atoms with Crippen molar-refractivity contribution in [3.8, 4) is 0 Å². The van der Waals surface area contributed by atoms with E-state index in [9.17, 15) is 26.3 Å². The summed E-state index contributed by atoms with van der Waals surface area (Å²) in [7, 11) is 0. The van der Waals surface area contributed by atoms with Crippen LogP contribution in [0.1, 0.15) is 18.1 Å². The van der Waals surface area contributed by atoms with Gasteiger partial charge in [0.05, 0.1) is 6.10 Å². The topological polar surface area (TPSA) is 20.2 Å². The van der Waals surface area contributed by atoms with Crippen molar-refractivity contribution in [3.63, 3.8) is 0 Å². The first-order valence-corrected chi connectivity index (χ1v) is 4.81. The minimum Gasteiger partial charge on any atom is -0.393 e. The molecule has 0 fully saturated rings. The highest BCUT2D eigenvalue weighted by atomic mass is 19.3. The Bertz CT molecular complexity index is 491. The van der Waals surface area contributed by atoms with Crippen LogP contribution in [0.15, 0.2) is 12.1 Å². The van der Waals surface area contributed by atoms with E-state index in [0.717, 1.165) is 6.92 Å². The van der Waals surface area contributed by atoms with Gasteiger partial charge in [0, 0.05) is 17.5 Å². The van der Waals surface area contributed by atoms with Crippen molar-refractivity contribution < 1.29 is 31.4 Å². The lowest BCUT2D eigenvalue weighted by molar-refractivity contribution is 0.193. The molecule has 18 heavy (non-hydrogen) atoms. The minimum absolute atomic E-state index is 0.130. The Labute approximate surface area is 98.4 Å². The van der Waals surface area contributed by atoms with Crippen LogP contribution in [0.5, 0.6) is 0 Å². The molecular formula is C11H8F6O. The van der Waals surface area contributed by atoms with Gasteiger partial charge in [-0.15, -0.1) is 0 Å². The highest BCUT2D eigenvalue weighted by Gasteiger charge is 2.24. The molecule has 0 radical (unpaired) electrons. The van der Waals surface area contributed by atoms with Crippen molar-refractivity contribution in [1.82, 2.24) is 0 Å². The normalized spacial score (nSPS) is 12.4. The van der Waals surface area contributed by atoms with E-state index in [1.54, 1.807) is 0 Å². The maximum atomic E-state index is 13.3. The predicted octanol–water partition coefficient (Wildman–Crippen LogP) is 3.56. The largest absolute Gasteiger partial charge is 0.393 e. The van der Waals surface area contributed by atoms with Crippen LogP contribution < -0.4 is 0 Å². The average molecular weight is 270 g/mol. The molecule has 0 saturated heterocycles. The van der Waals surface area contributed by atoms with Gasteiger partial charge in [-0.2, -0.15) is 8.78 Å². The van der Waals surface area contributed by atoms with E-state index >= 15 is 0 Å². The zero-order valence-electron chi connectivity index (χ0n) is 9.08. The van der Waals surface area contributed by atoms with Gasteiger partial charge in [-0.05, 0) is 13.0 Å². The molecule has 1 atom stereocenters. The van der Waals surface area contributed by atoms with E-state index in [1.807, 2.05) is 0 Å². The molecule has 0 spiro atoms. The van der Waals surface area contributed by atoms with Crippen LogP contribution in [0.25, 0.3) is 5.83 Å². The van der Waals surface area contributed by atoms with E-state index < -0.39 is 53.0 Å². The quantitative estimate of drug-likeness (QED) is 0.657. The second-order valence-electron chi connectivity index (χ2n) is 3.64. The van der Waals surface area contributed by atoms with Crippen LogP contribution in [-0.2, 0) is 6.42 Å². The van der Waals surface area contributed by atoms with Gasteiger partial charge in [0.2, 0.25) is 0 Å². The molecule has 0 bridgehead atoms. The molecule has 1 aromatic carbocycles. The maximum Gasteiger partial charge on any atom is 0.306 e. The fourth-order valence-corrected chi connectivity index (χ4v) is 1.43. The predicted molar refractivity (Wildman–Crippen MR) is 51.9 cm³/mol. The van der Waals surface area contributed by atoms with Crippen LogP contribution in [-0.4, -0.2) is 11.2 Å². The Kier molecular flexibility index (Phi) is 4.39. The van der Waals surface area contributed by atoms with E-state index in [-0.39, 0.29) is 6.07 Å². The van der Waals surface area contributed by atoms with Gasteiger partial charge < -0.3 is 5.11 Å².